The minimum atomic E-state index is -0.406. The van der Waals surface area contributed by atoms with Gasteiger partial charge in [0.15, 0.2) is 0 Å². The van der Waals surface area contributed by atoms with E-state index in [1.165, 1.54) is 0 Å². The molecular weight excluding hydrogens is 148 g/mol. The fourth-order valence-corrected chi connectivity index (χ4v) is 0.502. The van der Waals surface area contributed by atoms with E-state index < -0.39 is 5.25 Å². The summed E-state index contributed by atoms with van der Waals surface area (Å²) in [4.78, 5) is 10.7. The third kappa shape index (κ3) is 4.68. The molecule has 0 fully saturated rings. The summed E-state index contributed by atoms with van der Waals surface area (Å²) in [6, 6.07) is 0. The zero-order valence-corrected chi connectivity index (χ0v) is 7.24. The Morgan fingerprint density at radius 2 is 2.30 bits per heavy atom. The van der Waals surface area contributed by atoms with E-state index >= 15 is 0 Å². The van der Waals surface area contributed by atoms with Gasteiger partial charge in [-0.05, 0) is 13.3 Å². The van der Waals surface area contributed by atoms with Gasteiger partial charge in [-0.1, -0.05) is 26.0 Å². The molecule has 0 aliphatic heterocycles. The first-order valence-corrected chi connectivity index (χ1v) is 3.98. The number of unbranched alkanes of at least 4 members (excludes halogenated alkanes) is 1. The molecule has 0 spiro atoms. The van der Waals surface area contributed by atoms with Crippen LogP contribution in [-0.2, 0) is 9.53 Å². The van der Waals surface area contributed by atoms with E-state index in [-0.39, 0.29) is 5.97 Å². The monoisotopic (exact) mass is 161 g/mol. The minimum absolute atomic E-state index is 0.275. The van der Waals surface area contributed by atoms with E-state index in [4.69, 9.17) is 4.74 Å². The molecule has 0 bridgehead atoms. The number of hydrogen-bond donors (Lipinski definition) is 0. The Bertz CT molecular complexity index is 102. The second-order valence-corrected chi connectivity index (χ2v) is 2.87. The van der Waals surface area contributed by atoms with Gasteiger partial charge >= 0.3 is 5.97 Å². The van der Waals surface area contributed by atoms with Crippen LogP contribution >= 0.6 is 12.6 Å². The van der Waals surface area contributed by atoms with Crippen LogP contribution in [0.3, 0.4) is 0 Å². The number of hydrogen-bond acceptors (Lipinski definition) is 2. The van der Waals surface area contributed by atoms with Crippen LogP contribution in [0.25, 0.3) is 0 Å². The van der Waals surface area contributed by atoms with Crippen molar-refractivity contribution < 1.29 is 9.53 Å². The van der Waals surface area contributed by atoms with Gasteiger partial charge in [-0.25, -0.2) is 0 Å². The number of rotatable bonds is 4. The molecule has 10 heavy (non-hydrogen) atoms. The summed E-state index contributed by atoms with van der Waals surface area (Å²) >= 11 is 4.68. The highest BCUT2D eigenvalue weighted by Gasteiger charge is 2.08. The molecule has 3 heteroatoms. The van der Waals surface area contributed by atoms with E-state index in [9.17, 15) is 4.79 Å². The third-order valence-electron chi connectivity index (χ3n) is 1.07. The Kier molecular flexibility index (Phi) is 5.49. The number of ether oxygens (including phenoxy) is 1. The second-order valence-electron chi connectivity index (χ2n) is 2.16. The maximum absolute atomic E-state index is 10.7. The maximum Gasteiger partial charge on any atom is 0.319 e. The lowest BCUT2D eigenvalue weighted by atomic mass is 10.4. The molecule has 0 saturated carbocycles. The van der Waals surface area contributed by atoms with Crippen molar-refractivity contribution in [2.45, 2.75) is 31.9 Å². The summed E-state index contributed by atoms with van der Waals surface area (Å²) in [7, 11) is 0. The van der Waals surface area contributed by atoms with Crippen LogP contribution in [0.2, 0.25) is 0 Å². The Morgan fingerprint density at radius 1 is 1.70 bits per heavy atom. The quantitative estimate of drug-likeness (QED) is 0.465. The van der Waals surface area contributed by atoms with Crippen molar-refractivity contribution in [3.8, 4) is 0 Å². The number of esters is 1. The molecule has 0 aliphatic rings. The fourth-order valence-electron chi connectivity index (χ4n) is 0.434. The van der Waals surface area contributed by atoms with Crippen LogP contribution in [0.15, 0.2) is 0 Å². The lowest BCUT2D eigenvalue weighted by molar-refractivity contribution is -0.142. The van der Waals surface area contributed by atoms with Crippen LogP contribution in [0.1, 0.15) is 26.7 Å². The average molecular weight is 161 g/mol. The topological polar surface area (TPSA) is 26.3 Å². The predicted octanol–water partition coefficient (Wildman–Crippen LogP) is 1.92. The van der Waals surface area contributed by atoms with E-state index in [0.29, 0.717) is 6.61 Å². The summed E-state index contributed by atoms with van der Waals surface area (Å²) in [5.41, 5.74) is 0. The lowest BCUT2D eigenvalue weighted by Gasteiger charge is -2.03. The number of carbonyl (C=O) groups is 1. The first-order valence-electron chi connectivity index (χ1n) is 3.51. The molecule has 1 unspecified atom stereocenters. The second kappa shape index (κ2) is 5.59. The first kappa shape index (κ1) is 9.82. The Hall–Kier alpha value is -0.180. The van der Waals surface area contributed by atoms with Gasteiger partial charge in [0.25, 0.3) is 0 Å². The van der Waals surface area contributed by atoms with Gasteiger partial charge in [0, 0.05) is 0 Å². The summed E-state index contributed by atoms with van der Waals surface area (Å²) in [5, 5.41) is -0.406. The molecule has 0 saturated heterocycles. The fraction of sp³-hybridized carbons (Fsp3) is 0.857. The molecule has 1 atom stereocenters. The van der Waals surface area contributed by atoms with E-state index in [1.807, 2.05) is 6.92 Å². The van der Waals surface area contributed by atoms with Crippen molar-refractivity contribution in [1.82, 2.24) is 0 Å². The summed E-state index contributed by atoms with van der Waals surface area (Å²) in [5.74, 6) is -0.275. The molecule has 0 rings (SSSR count). The van der Waals surface area contributed by atoms with Gasteiger partial charge in [-0.3, -0.25) is 4.79 Å². The van der Waals surface area contributed by atoms with Crippen LogP contribution in [0, 0.1) is 0 Å². The summed E-state index contributed by atoms with van der Waals surface area (Å²) in [6.07, 6.45) is 1.97. The average Bonchev–Trinajstić information content (AvgIpc) is 1.88. The maximum atomic E-state index is 10.7. The molecule has 0 N–H and O–H groups in total. The molecule has 2 nitrogen and oxygen atoms in total. The highest BCUT2D eigenvalue weighted by molar-refractivity contribution is 7.81. The SMILES string of the molecule is CCCCOC(=O)C(C)[S]. The normalized spacial score (nSPS) is 12.7. The van der Waals surface area contributed by atoms with Gasteiger partial charge in [-0.2, -0.15) is 0 Å². The molecule has 0 heterocycles. The highest BCUT2D eigenvalue weighted by atomic mass is 32.1. The zero-order chi connectivity index (χ0) is 7.98. The molecule has 0 aromatic heterocycles. The van der Waals surface area contributed by atoms with Crippen LogP contribution in [0.5, 0.6) is 0 Å². The van der Waals surface area contributed by atoms with E-state index in [0.717, 1.165) is 12.8 Å². The van der Waals surface area contributed by atoms with Crippen LogP contribution in [-0.4, -0.2) is 17.8 Å². The van der Waals surface area contributed by atoms with Gasteiger partial charge in [0.1, 0.15) is 5.25 Å². The third-order valence-corrected chi connectivity index (χ3v) is 1.27. The highest BCUT2D eigenvalue weighted by Crippen LogP contribution is 1.97. The van der Waals surface area contributed by atoms with E-state index in [1.54, 1.807) is 6.92 Å². The number of carbonyl (C=O) groups excluding carboxylic acids is 1. The minimum Gasteiger partial charge on any atom is -0.465 e. The Labute approximate surface area is 67.4 Å². The molecule has 0 aromatic rings. The molecule has 0 aromatic carbocycles. The lowest BCUT2D eigenvalue weighted by Crippen LogP contribution is -2.14. The standard InChI is InChI=1S/C7H13O2S/c1-3-4-5-9-7(8)6(2)10/h6H,3-5H2,1-2H3. The van der Waals surface area contributed by atoms with Gasteiger partial charge < -0.3 is 4.74 Å². The smallest absolute Gasteiger partial charge is 0.319 e. The van der Waals surface area contributed by atoms with Crippen molar-refractivity contribution in [2.75, 3.05) is 6.61 Å². The molecule has 1 radical (unpaired) electrons. The summed E-state index contributed by atoms with van der Waals surface area (Å²) in [6.45, 7) is 4.21. The van der Waals surface area contributed by atoms with Gasteiger partial charge in [0.05, 0.1) is 6.61 Å². The molecule has 59 valence electrons. The van der Waals surface area contributed by atoms with E-state index in [2.05, 4.69) is 12.6 Å². The predicted molar refractivity (Wildman–Crippen MR) is 42.9 cm³/mol. The molecule has 0 aliphatic carbocycles. The van der Waals surface area contributed by atoms with Crippen molar-refractivity contribution in [3.05, 3.63) is 0 Å². The Morgan fingerprint density at radius 3 is 2.70 bits per heavy atom. The van der Waals surface area contributed by atoms with Crippen molar-refractivity contribution in [1.29, 1.82) is 0 Å². The van der Waals surface area contributed by atoms with Crippen LogP contribution in [0.4, 0.5) is 0 Å². The van der Waals surface area contributed by atoms with Gasteiger partial charge in [-0.15, -0.1) is 0 Å². The Balaban J connectivity index is 3.22. The van der Waals surface area contributed by atoms with Crippen molar-refractivity contribution >= 4 is 18.6 Å². The molecule has 0 amide bonds. The largest absolute Gasteiger partial charge is 0.465 e. The van der Waals surface area contributed by atoms with Crippen molar-refractivity contribution in [2.24, 2.45) is 0 Å². The van der Waals surface area contributed by atoms with Gasteiger partial charge in [0.2, 0.25) is 0 Å². The summed E-state index contributed by atoms with van der Waals surface area (Å²) < 4.78 is 4.80. The zero-order valence-electron chi connectivity index (χ0n) is 6.42. The van der Waals surface area contributed by atoms with Crippen LogP contribution < -0.4 is 0 Å². The van der Waals surface area contributed by atoms with Crippen molar-refractivity contribution in [3.63, 3.8) is 0 Å². The first-order chi connectivity index (χ1) is 4.68. The molecular formula is C7H13O2S.